The molecule has 2 atom stereocenters. The number of hydrogen-bond acceptors (Lipinski definition) is 3. The van der Waals surface area contributed by atoms with Gasteiger partial charge in [-0.2, -0.15) is 0 Å². The van der Waals surface area contributed by atoms with E-state index >= 15 is 0 Å². The quantitative estimate of drug-likeness (QED) is 0.859. The molecule has 19 heavy (non-hydrogen) atoms. The van der Waals surface area contributed by atoms with Crippen molar-refractivity contribution < 1.29 is 9.84 Å². The van der Waals surface area contributed by atoms with Crippen LogP contribution in [0.25, 0.3) is 0 Å². The van der Waals surface area contributed by atoms with Crippen LogP contribution in [-0.2, 0) is 11.3 Å². The van der Waals surface area contributed by atoms with Gasteiger partial charge >= 0.3 is 0 Å². The summed E-state index contributed by atoms with van der Waals surface area (Å²) < 4.78 is 6.64. The monoisotopic (exact) mass is 347 g/mol. The van der Waals surface area contributed by atoms with Crippen LogP contribution in [-0.4, -0.2) is 30.5 Å². The molecule has 0 aromatic heterocycles. The molecular weight excluding hydrogens is 330 g/mol. The lowest BCUT2D eigenvalue weighted by molar-refractivity contribution is 0.0550. The highest BCUT2D eigenvalue weighted by molar-refractivity contribution is 9.10. The van der Waals surface area contributed by atoms with Gasteiger partial charge in [-0.3, -0.25) is 0 Å². The van der Waals surface area contributed by atoms with Crippen LogP contribution in [0.4, 0.5) is 0 Å². The molecule has 0 aliphatic carbocycles. The molecule has 0 amide bonds. The molecule has 2 unspecified atom stereocenters. The summed E-state index contributed by atoms with van der Waals surface area (Å²) in [7, 11) is 0. The van der Waals surface area contributed by atoms with Crippen molar-refractivity contribution in [2.75, 3.05) is 13.2 Å². The second-order valence-electron chi connectivity index (χ2n) is 4.91. The van der Waals surface area contributed by atoms with Gasteiger partial charge < -0.3 is 15.2 Å². The fourth-order valence-corrected chi connectivity index (χ4v) is 3.08. The number of aliphatic hydroxyl groups is 1. The number of benzene rings is 1. The number of ether oxygens (including phenoxy) is 1. The predicted octanol–water partition coefficient (Wildman–Crippen LogP) is 3.04. The maximum absolute atomic E-state index is 9.45. The smallest absolute Gasteiger partial charge is 0.0751 e. The first-order valence-electron chi connectivity index (χ1n) is 6.52. The van der Waals surface area contributed by atoms with Gasteiger partial charge in [0.1, 0.15) is 0 Å². The topological polar surface area (TPSA) is 41.5 Å². The lowest BCUT2D eigenvalue weighted by Gasteiger charge is -2.22. The molecule has 1 heterocycles. The third-order valence-corrected chi connectivity index (χ3v) is 4.64. The number of nitrogens with one attached hydrogen (secondary N) is 1. The lowest BCUT2D eigenvalue weighted by Crippen LogP contribution is -2.42. The van der Waals surface area contributed by atoms with E-state index in [9.17, 15) is 5.11 Å². The molecule has 2 rings (SSSR count). The minimum Gasteiger partial charge on any atom is -0.395 e. The van der Waals surface area contributed by atoms with Crippen molar-refractivity contribution >= 4 is 27.5 Å². The van der Waals surface area contributed by atoms with Crippen LogP contribution in [0.15, 0.2) is 16.6 Å². The molecular formula is C14H19BrClNO2. The molecule has 0 spiro atoms. The maximum Gasteiger partial charge on any atom is 0.0751 e. The van der Waals surface area contributed by atoms with Crippen molar-refractivity contribution in [2.24, 2.45) is 0 Å². The molecule has 0 saturated carbocycles. The molecule has 1 saturated heterocycles. The Bertz CT molecular complexity index is 436. The van der Waals surface area contributed by atoms with Gasteiger partial charge in [0.25, 0.3) is 0 Å². The predicted molar refractivity (Wildman–Crippen MR) is 80.6 cm³/mol. The highest BCUT2D eigenvalue weighted by Gasteiger charge is 2.25. The first-order chi connectivity index (χ1) is 9.11. The van der Waals surface area contributed by atoms with E-state index in [1.54, 1.807) is 0 Å². The number of hydrogen-bond donors (Lipinski definition) is 2. The Morgan fingerprint density at radius 2 is 2.37 bits per heavy atom. The van der Waals surface area contributed by atoms with Gasteiger partial charge in [-0.1, -0.05) is 27.5 Å². The molecule has 5 heteroatoms. The summed E-state index contributed by atoms with van der Waals surface area (Å²) in [5.74, 6) is 0. The Labute approximate surface area is 127 Å². The lowest BCUT2D eigenvalue weighted by atomic mass is 10.1. The Kier molecular flexibility index (Phi) is 5.66. The minimum atomic E-state index is -0.0190. The largest absolute Gasteiger partial charge is 0.395 e. The SMILES string of the molecule is Cc1cc(Br)c(CNC(CO)C2CCCO2)cc1Cl. The summed E-state index contributed by atoms with van der Waals surface area (Å²) >= 11 is 9.68. The zero-order valence-electron chi connectivity index (χ0n) is 11.0. The van der Waals surface area contributed by atoms with Crippen molar-refractivity contribution in [1.82, 2.24) is 5.32 Å². The van der Waals surface area contributed by atoms with E-state index in [1.807, 2.05) is 19.1 Å². The van der Waals surface area contributed by atoms with Crippen LogP contribution in [0.3, 0.4) is 0 Å². The van der Waals surface area contributed by atoms with Crippen molar-refractivity contribution in [3.63, 3.8) is 0 Å². The Hall–Kier alpha value is -0.130. The number of halogens is 2. The fourth-order valence-electron chi connectivity index (χ4n) is 2.30. The van der Waals surface area contributed by atoms with Crippen molar-refractivity contribution in [3.8, 4) is 0 Å². The van der Waals surface area contributed by atoms with E-state index in [2.05, 4.69) is 21.2 Å². The van der Waals surface area contributed by atoms with Crippen molar-refractivity contribution in [2.45, 2.75) is 38.5 Å². The van der Waals surface area contributed by atoms with Crippen LogP contribution in [0.1, 0.15) is 24.0 Å². The van der Waals surface area contributed by atoms with E-state index < -0.39 is 0 Å². The Morgan fingerprint density at radius 3 is 3.00 bits per heavy atom. The summed E-state index contributed by atoms with van der Waals surface area (Å²) in [5, 5.41) is 13.6. The minimum absolute atomic E-state index is 0.0190. The second-order valence-corrected chi connectivity index (χ2v) is 6.18. The molecule has 0 radical (unpaired) electrons. The number of aryl methyl sites for hydroxylation is 1. The first-order valence-corrected chi connectivity index (χ1v) is 7.69. The zero-order valence-corrected chi connectivity index (χ0v) is 13.3. The Morgan fingerprint density at radius 1 is 1.58 bits per heavy atom. The van der Waals surface area contributed by atoms with Crippen LogP contribution >= 0.6 is 27.5 Å². The zero-order chi connectivity index (χ0) is 13.8. The molecule has 1 aliphatic heterocycles. The maximum atomic E-state index is 9.45. The van der Waals surface area contributed by atoms with Crippen LogP contribution in [0.2, 0.25) is 5.02 Å². The number of rotatable bonds is 5. The van der Waals surface area contributed by atoms with E-state index in [0.29, 0.717) is 6.54 Å². The fraction of sp³-hybridized carbons (Fsp3) is 0.571. The van der Waals surface area contributed by atoms with Gasteiger partial charge in [0.05, 0.1) is 18.8 Å². The molecule has 1 aromatic rings. The van der Waals surface area contributed by atoms with E-state index in [1.165, 1.54) is 0 Å². The molecule has 106 valence electrons. The highest BCUT2D eigenvalue weighted by Crippen LogP contribution is 2.25. The van der Waals surface area contributed by atoms with Gasteiger partial charge in [-0.25, -0.2) is 0 Å². The van der Waals surface area contributed by atoms with Crippen LogP contribution in [0, 0.1) is 6.92 Å². The third kappa shape index (κ3) is 3.92. The summed E-state index contributed by atoms with van der Waals surface area (Å²) in [6.07, 6.45) is 2.20. The normalized spacial score (nSPS) is 20.7. The van der Waals surface area contributed by atoms with E-state index in [4.69, 9.17) is 16.3 Å². The molecule has 1 fully saturated rings. The number of aliphatic hydroxyl groups excluding tert-OH is 1. The molecule has 3 nitrogen and oxygen atoms in total. The van der Waals surface area contributed by atoms with Gasteiger partial charge in [-0.15, -0.1) is 0 Å². The average molecular weight is 349 g/mol. The molecule has 1 aliphatic rings. The van der Waals surface area contributed by atoms with Gasteiger partial charge in [-0.05, 0) is 43.0 Å². The van der Waals surface area contributed by atoms with Gasteiger partial charge in [0.15, 0.2) is 0 Å². The second kappa shape index (κ2) is 7.04. The molecule has 0 bridgehead atoms. The summed E-state index contributed by atoms with van der Waals surface area (Å²) in [5.41, 5.74) is 2.14. The van der Waals surface area contributed by atoms with E-state index in [0.717, 1.165) is 40.1 Å². The summed E-state index contributed by atoms with van der Waals surface area (Å²) in [6, 6.07) is 3.95. The van der Waals surface area contributed by atoms with Crippen molar-refractivity contribution in [1.29, 1.82) is 0 Å². The third-order valence-electron chi connectivity index (χ3n) is 3.49. The standard InChI is InChI=1S/C14H19BrClNO2/c1-9-5-11(15)10(6-12(9)16)7-17-13(8-18)14-3-2-4-19-14/h5-6,13-14,17-18H,2-4,7-8H2,1H3. The summed E-state index contributed by atoms with van der Waals surface area (Å²) in [4.78, 5) is 0. The van der Waals surface area contributed by atoms with Crippen molar-refractivity contribution in [3.05, 3.63) is 32.8 Å². The summed E-state index contributed by atoms with van der Waals surface area (Å²) in [6.45, 7) is 3.52. The van der Waals surface area contributed by atoms with Gasteiger partial charge in [0, 0.05) is 22.6 Å². The van der Waals surface area contributed by atoms with Crippen LogP contribution < -0.4 is 5.32 Å². The average Bonchev–Trinajstić information content (AvgIpc) is 2.90. The first kappa shape index (κ1) is 15.3. The highest BCUT2D eigenvalue weighted by atomic mass is 79.9. The molecule has 2 N–H and O–H groups in total. The molecule has 1 aromatic carbocycles. The Balaban J connectivity index is 1.98. The van der Waals surface area contributed by atoms with Gasteiger partial charge in [0.2, 0.25) is 0 Å². The van der Waals surface area contributed by atoms with Crippen LogP contribution in [0.5, 0.6) is 0 Å². The van der Waals surface area contributed by atoms with E-state index in [-0.39, 0.29) is 18.8 Å².